The van der Waals surface area contributed by atoms with Crippen LogP contribution < -0.4 is 4.74 Å². The number of rotatable bonds is 4. The third-order valence-corrected chi connectivity index (χ3v) is 2.30. The van der Waals surface area contributed by atoms with Crippen molar-refractivity contribution in [3.63, 3.8) is 0 Å². The molecule has 0 bridgehead atoms. The third kappa shape index (κ3) is 3.92. The molecule has 1 aromatic carbocycles. The summed E-state index contributed by atoms with van der Waals surface area (Å²) in [4.78, 5) is 10.7. The van der Waals surface area contributed by atoms with Gasteiger partial charge in [0, 0.05) is 0 Å². The largest absolute Gasteiger partial charge is 0.573 e. The molecule has 0 fully saturated rings. The molecule has 0 amide bonds. The Kier molecular flexibility index (Phi) is 4.18. The van der Waals surface area contributed by atoms with Crippen LogP contribution in [0.1, 0.15) is 18.6 Å². The van der Waals surface area contributed by atoms with E-state index in [-0.39, 0.29) is 5.56 Å². The van der Waals surface area contributed by atoms with Crippen LogP contribution in [0.25, 0.3) is 0 Å². The van der Waals surface area contributed by atoms with Crippen molar-refractivity contribution >= 4 is 5.97 Å². The average Bonchev–Trinajstić information content (AvgIpc) is 2.25. The first-order valence-electron chi connectivity index (χ1n) is 4.97. The molecule has 0 aliphatic rings. The van der Waals surface area contributed by atoms with E-state index in [2.05, 4.69) is 4.74 Å². The molecule has 0 spiro atoms. The van der Waals surface area contributed by atoms with E-state index in [0.717, 1.165) is 12.1 Å². The summed E-state index contributed by atoms with van der Waals surface area (Å²) in [5, 5.41) is 18.4. The van der Waals surface area contributed by atoms with Gasteiger partial charge in [0.05, 0.1) is 12.0 Å². The van der Waals surface area contributed by atoms with Crippen molar-refractivity contribution in [2.24, 2.45) is 5.92 Å². The standard InChI is InChI=1S/C11H11F3O4/c1-6(10(16)17)9(15)7-3-2-4-8(5-7)18-11(12,13)14/h2-6,9,15H,1H3,(H,16,17). The predicted octanol–water partition coefficient (Wildman–Crippen LogP) is 2.34. The highest BCUT2D eigenvalue weighted by Crippen LogP contribution is 2.28. The lowest BCUT2D eigenvalue weighted by molar-refractivity contribution is -0.274. The fourth-order valence-corrected chi connectivity index (χ4v) is 1.32. The van der Waals surface area contributed by atoms with E-state index in [0.29, 0.717) is 0 Å². The Morgan fingerprint density at radius 3 is 2.50 bits per heavy atom. The van der Waals surface area contributed by atoms with E-state index in [4.69, 9.17) is 5.11 Å². The molecule has 4 nitrogen and oxygen atoms in total. The lowest BCUT2D eigenvalue weighted by Crippen LogP contribution is -2.19. The van der Waals surface area contributed by atoms with E-state index in [9.17, 15) is 23.1 Å². The normalized spacial score (nSPS) is 14.9. The predicted molar refractivity (Wildman–Crippen MR) is 54.9 cm³/mol. The molecule has 0 aliphatic heterocycles. The average molecular weight is 264 g/mol. The van der Waals surface area contributed by atoms with Gasteiger partial charge >= 0.3 is 12.3 Å². The summed E-state index contributed by atoms with van der Waals surface area (Å²) in [5.74, 6) is -2.88. The minimum Gasteiger partial charge on any atom is -0.481 e. The molecule has 0 saturated carbocycles. The minimum absolute atomic E-state index is 0.0478. The Balaban J connectivity index is 2.91. The topological polar surface area (TPSA) is 66.8 Å². The first-order valence-corrected chi connectivity index (χ1v) is 4.97. The highest BCUT2D eigenvalue weighted by Gasteiger charge is 2.31. The van der Waals surface area contributed by atoms with Gasteiger partial charge in [-0.3, -0.25) is 4.79 Å². The Morgan fingerprint density at radius 1 is 1.39 bits per heavy atom. The van der Waals surface area contributed by atoms with Crippen molar-refractivity contribution in [1.82, 2.24) is 0 Å². The number of hydrogen-bond donors (Lipinski definition) is 2. The number of hydrogen-bond acceptors (Lipinski definition) is 3. The van der Waals surface area contributed by atoms with Crippen LogP contribution in [-0.2, 0) is 4.79 Å². The summed E-state index contributed by atoms with van der Waals surface area (Å²) < 4.78 is 39.6. The maximum Gasteiger partial charge on any atom is 0.573 e. The van der Waals surface area contributed by atoms with E-state index in [1.165, 1.54) is 19.1 Å². The van der Waals surface area contributed by atoms with Crippen molar-refractivity contribution < 1.29 is 32.9 Å². The van der Waals surface area contributed by atoms with Crippen LogP contribution in [0.15, 0.2) is 24.3 Å². The number of halogens is 3. The number of benzene rings is 1. The van der Waals surface area contributed by atoms with Gasteiger partial charge in [-0.15, -0.1) is 13.2 Å². The molecule has 0 heterocycles. The minimum atomic E-state index is -4.83. The molecule has 2 unspecified atom stereocenters. The van der Waals surface area contributed by atoms with E-state index < -0.39 is 30.1 Å². The first kappa shape index (κ1) is 14.3. The van der Waals surface area contributed by atoms with E-state index in [1.807, 2.05) is 0 Å². The molecule has 100 valence electrons. The number of carbonyl (C=O) groups is 1. The maximum atomic E-state index is 12.0. The zero-order valence-corrected chi connectivity index (χ0v) is 9.31. The molecule has 2 N–H and O–H groups in total. The Morgan fingerprint density at radius 2 is 2.00 bits per heavy atom. The molecular formula is C11H11F3O4. The quantitative estimate of drug-likeness (QED) is 0.875. The number of carboxylic acid groups (broad SMARTS) is 1. The fourth-order valence-electron chi connectivity index (χ4n) is 1.32. The number of alkyl halides is 3. The lowest BCUT2D eigenvalue weighted by Gasteiger charge is -2.16. The first-order chi connectivity index (χ1) is 8.20. The van der Waals surface area contributed by atoms with Gasteiger partial charge in [0.1, 0.15) is 5.75 Å². The molecule has 1 rings (SSSR count). The van der Waals surface area contributed by atoms with Gasteiger partial charge in [0.25, 0.3) is 0 Å². The van der Waals surface area contributed by atoms with Crippen LogP contribution in [0, 0.1) is 5.92 Å². The van der Waals surface area contributed by atoms with Crippen molar-refractivity contribution in [3.05, 3.63) is 29.8 Å². The zero-order valence-electron chi connectivity index (χ0n) is 9.31. The summed E-state index contributed by atoms with van der Waals surface area (Å²) in [6, 6.07) is 4.59. The van der Waals surface area contributed by atoms with E-state index in [1.54, 1.807) is 0 Å². The summed E-state index contributed by atoms with van der Waals surface area (Å²) in [6.45, 7) is 1.25. The highest BCUT2D eigenvalue weighted by atomic mass is 19.4. The van der Waals surface area contributed by atoms with Crippen LogP contribution in [0.4, 0.5) is 13.2 Å². The molecule has 0 aliphatic carbocycles. The van der Waals surface area contributed by atoms with Gasteiger partial charge in [0.2, 0.25) is 0 Å². The molecule has 1 aromatic rings. The van der Waals surface area contributed by atoms with Gasteiger partial charge in [-0.1, -0.05) is 12.1 Å². The number of carboxylic acids is 1. The van der Waals surface area contributed by atoms with Gasteiger partial charge < -0.3 is 14.9 Å². The molecule has 0 radical (unpaired) electrons. The monoisotopic (exact) mass is 264 g/mol. The van der Waals surface area contributed by atoms with Crippen LogP contribution in [0.5, 0.6) is 5.75 Å². The molecule has 18 heavy (non-hydrogen) atoms. The van der Waals surface area contributed by atoms with Gasteiger partial charge in [-0.05, 0) is 24.6 Å². The van der Waals surface area contributed by atoms with Crippen LogP contribution in [0.2, 0.25) is 0 Å². The van der Waals surface area contributed by atoms with Crippen molar-refractivity contribution in [2.45, 2.75) is 19.4 Å². The van der Waals surface area contributed by atoms with Crippen LogP contribution >= 0.6 is 0 Å². The SMILES string of the molecule is CC(C(=O)O)C(O)c1cccc(OC(F)(F)F)c1. The molecule has 2 atom stereocenters. The lowest BCUT2D eigenvalue weighted by atomic mass is 9.97. The van der Waals surface area contributed by atoms with Crippen molar-refractivity contribution in [3.8, 4) is 5.75 Å². The van der Waals surface area contributed by atoms with Gasteiger partial charge in [-0.25, -0.2) is 0 Å². The second-order valence-corrected chi connectivity index (χ2v) is 3.69. The summed E-state index contributed by atoms with van der Waals surface area (Å²) in [7, 11) is 0. The summed E-state index contributed by atoms with van der Waals surface area (Å²) >= 11 is 0. The highest BCUT2D eigenvalue weighted by molar-refractivity contribution is 5.70. The Bertz CT molecular complexity index is 431. The van der Waals surface area contributed by atoms with Crippen molar-refractivity contribution in [2.75, 3.05) is 0 Å². The Hall–Kier alpha value is -1.76. The van der Waals surface area contributed by atoms with Gasteiger partial charge in [-0.2, -0.15) is 0 Å². The Labute approximate surface area is 101 Å². The number of aliphatic carboxylic acids is 1. The van der Waals surface area contributed by atoms with Crippen LogP contribution in [0.3, 0.4) is 0 Å². The zero-order chi connectivity index (χ0) is 13.9. The molecular weight excluding hydrogens is 253 g/mol. The van der Waals surface area contributed by atoms with Gasteiger partial charge in [0.15, 0.2) is 0 Å². The second kappa shape index (κ2) is 5.26. The number of ether oxygens (including phenoxy) is 1. The number of aliphatic hydroxyl groups is 1. The third-order valence-electron chi connectivity index (χ3n) is 2.30. The fraction of sp³-hybridized carbons (Fsp3) is 0.364. The van der Waals surface area contributed by atoms with E-state index >= 15 is 0 Å². The molecule has 0 saturated heterocycles. The van der Waals surface area contributed by atoms with Crippen LogP contribution in [-0.4, -0.2) is 22.5 Å². The smallest absolute Gasteiger partial charge is 0.481 e. The van der Waals surface area contributed by atoms with Crippen molar-refractivity contribution in [1.29, 1.82) is 0 Å². The second-order valence-electron chi connectivity index (χ2n) is 3.69. The summed E-state index contributed by atoms with van der Waals surface area (Å²) in [6.07, 6.45) is -6.23. The summed E-state index contributed by atoms with van der Waals surface area (Å²) in [5.41, 5.74) is 0.0478. The molecule has 0 aromatic heterocycles. The maximum absolute atomic E-state index is 12.0. The number of aliphatic hydroxyl groups excluding tert-OH is 1. The molecule has 7 heteroatoms.